The van der Waals surface area contributed by atoms with Gasteiger partial charge in [0.15, 0.2) is 23.0 Å². The van der Waals surface area contributed by atoms with E-state index in [-0.39, 0.29) is 58.4 Å². The van der Waals surface area contributed by atoms with Gasteiger partial charge in [0.25, 0.3) is 0 Å². The number of nitrogens with zero attached hydrogens (tertiary/aromatic N) is 3. The molecule has 2 aliphatic rings. The van der Waals surface area contributed by atoms with Crippen LogP contribution in [-0.2, 0) is 19.6 Å². The maximum atomic E-state index is 13.2. The Kier molecular flexibility index (Phi) is 20.7. The van der Waals surface area contributed by atoms with Crippen molar-refractivity contribution < 1.29 is 85.0 Å². The average Bonchev–Trinajstić information content (AvgIpc) is 4.15. The Morgan fingerprint density at radius 2 is 1.22 bits per heavy atom. The van der Waals surface area contributed by atoms with Crippen LogP contribution in [0, 0.1) is 19.8 Å². The Balaban J connectivity index is 0.000000239. The molecule has 8 rings (SSSR count). The SMILES string of the molecule is CCNC(=O)N(CC1CCN(C(=O)Nc2ccccc2)CC1)c1cccc(-c2sc(C(=O)O)c(OCC(=O)O)c2C)c1.Cc1c(-c2cccc(NC3CCN(S(=O)(=O)c4ccccc4OC(F)(F)F)CC3)c2)sc(C(=O)O)c1OCC(=O)O. The summed E-state index contributed by atoms with van der Waals surface area (Å²) in [5, 5.41) is 46.3. The number of amides is 4. The molecule has 2 aromatic heterocycles. The first-order valence-electron chi connectivity index (χ1n) is 25.8. The summed E-state index contributed by atoms with van der Waals surface area (Å²) < 4.78 is 80.3. The van der Waals surface area contributed by atoms with Gasteiger partial charge >= 0.3 is 42.3 Å². The normalized spacial score (nSPS) is 14.1. The highest BCUT2D eigenvalue weighted by molar-refractivity contribution is 7.89. The number of likely N-dealkylation sites (tertiary alicyclic amines) is 1. The summed E-state index contributed by atoms with van der Waals surface area (Å²) in [4.78, 5) is 75.4. The van der Waals surface area contributed by atoms with Crippen molar-refractivity contribution in [2.45, 2.75) is 63.8 Å². The van der Waals surface area contributed by atoms with Gasteiger partial charge in [0.2, 0.25) is 10.0 Å². The second-order valence-electron chi connectivity index (χ2n) is 19.0. The topological polar surface area (TPSA) is 291 Å². The highest BCUT2D eigenvalue weighted by Crippen LogP contribution is 2.44. The highest BCUT2D eigenvalue weighted by Gasteiger charge is 2.37. The van der Waals surface area contributed by atoms with Crippen LogP contribution in [0.2, 0.25) is 0 Å². The summed E-state index contributed by atoms with van der Waals surface area (Å²) in [7, 11) is -4.24. The maximum absolute atomic E-state index is 13.2. The third kappa shape index (κ3) is 16.2. The van der Waals surface area contributed by atoms with Gasteiger partial charge in [0, 0.05) is 83.3 Å². The van der Waals surface area contributed by atoms with Crippen LogP contribution < -0.4 is 35.1 Å². The number of halogens is 3. The van der Waals surface area contributed by atoms with Crippen LogP contribution in [0.3, 0.4) is 0 Å². The number of urea groups is 2. The van der Waals surface area contributed by atoms with Crippen molar-refractivity contribution in [2.75, 3.05) is 68.0 Å². The van der Waals surface area contributed by atoms with E-state index in [4.69, 9.17) is 19.7 Å². The van der Waals surface area contributed by atoms with E-state index in [0.29, 0.717) is 82.4 Å². The molecule has 7 N–H and O–H groups in total. The molecule has 0 aliphatic carbocycles. The van der Waals surface area contributed by atoms with E-state index in [1.165, 1.54) is 12.1 Å². The second-order valence-corrected chi connectivity index (χ2v) is 23.0. The molecule has 4 amide bonds. The highest BCUT2D eigenvalue weighted by atomic mass is 32.2. The maximum Gasteiger partial charge on any atom is 0.573 e. The van der Waals surface area contributed by atoms with Crippen molar-refractivity contribution in [2.24, 2.45) is 5.92 Å². The molecule has 4 heterocycles. The first-order chi connectivity index (χ1) is 39.4. The summed E-state index contributed by atoms with van der Waals surface area (Å²) in [6, 6.07) is 27.7. The number of sulfonamides is 1. The lowest BCUT2D eigenvalue weighted by Gasteiger charge is -2.35. The molecule has 2 fully saturated rings. The van der Waals surface area contributed by atoms with Gasteiger partial charge in [-0.1, -0.05) is 54.6 Å². The zero-order valence-corrected chi connectivity index (χ0v) is 47.4. The van der Waals surface area contributed by atoms with Crippen LogP contribution in [0.25, 0.3) is 20.9 Å². The largest absolute Gasteiger partial charge is 0.573 e. The monoisotopic (exact) mass is 1210 g/mol. The molecule has 27 heteroatoms. The number of alkyl halides is 3. The lowest BCUT2D eigenvalue weighted by atomic mass is 9.96. The fourth-order valence-corrected chi connectivity index (χ4v) is 13.1. The number of carboxylic acid groups (broad SMARTS) is 4. The molecule has 0 spiro atoms. The summed E-state index contributed by atoms with van der Waals surface area (Å²) >= 11 is 1.96. The molecule has 0 saturated carbocycles. The number of para-hydroxylation sites is 2. The molecule has 83 heavy (non-hydrogen) atoms. The number of hydrogen-bond donors (Lipinski definition) is 7. The van der Waals surface area contributed by atoms with Gasteiger partial charge in [-0.05, 0) is 112 Å². The molecular formula is C56H59F3N6O15S3. The van der Waals surface area contributed by atoms with Gasteiger partial charge in [-0.25, -0.2) is 37.2 Å². The molecule has 0 bridgehead atoms. The van der Waals surface area contributed by atoms with E-state index >= 15 is 0 Å². The summed E-state index contributed by atoms with van der Waals surface area (Å²) in [6.45, 7) is 5.99. The number of benzene rings is 4. The lowest BCUT2D eigenvalue weighted by Crippen LogP contribution is -2.46. The number of hydrogen-bond acceptors (Lipinski definition) is 14. The Hall–Kier alpha value is -8.40. The number of aliphatic carboxylic acids is 2. The number of rotatable bonds is 20. The van der Waals surface area contributed by atoms with Gasteiger partial charge < -0.3 is 55.5 Å². The molecular weight excluding hydrogens is 1150 g/mol. The average molecular weight is 1210 g/mol. The molecule has 0 atom stereocenters. The van der Waals surface area contributed by atoms with Crippen molar-refractivity contribution >= 4 is 85.7 Å². The summed E-state index contributed by atoms with van der Waals surface area (Å²) in [6.07, 6.45) is -2.83. The molecule has 6 aromatic rings. The number of ether oxygens (including phenoxy) is 3. The number of carbonyl (C=O) groups is 6. The van der Waals surface area contributed by atoms with Crippen molar-refractivity contribution in [1.82, 2.24) is 14.5 Å². The number of thiophene rings is 2. The van der Waals surface area contributed by atoms with E-state index in [1.807, 2.05) is 55.5 Å². The minimum atomic E-state index is -5.04. The Bertz CT molecular complexity index is 3440. The predicted molar refractivity (Wildman–Crippen MR) is 304 cm³/mol. The standard InChI is InChI=1S/C30H34N4O7S.C26H25F3N2O8S2/c1-3-31-29(39)34(17-20-12-14-33(15-13-20)30(40)32-22-9-5-4-6-10-22)23-11-7-8-21(16-23)26-19(2)25(41-18-24(35)36)27(42-26)28(37)38;1-15-22(38-14-21(32)33)24(25(34)35)40-23(15)16-5-4-6-18(13-16)30-17-9-11-31(12-10-17)41(36,37)20-8-3-2-7-19(20)39-26(27,28)29/h4-11,16,20H,3,12-15,17-18H2,1-2H3,(H,31,39)(H,32,40)(H,35,36)(H,37,38);2-8,13,17,30H,9-12,14H2,1H3,(H,32,33)(H,34,35). The third-order valence-electron chi connectivity index (χ3n) is 13.3. The lowest BCUT2D eigenvalue weighted by molar-refractivity contribution is -0.275. The second kappa shape index (κ2) is 27.6. The molecule has 4 aromatic carbocycles. The number of nitrogens with one attached hydrogen (secondary N) is 3. The van der Waals surface area contributed by atoms with Crippen molar-refractivity contribution in [3.63, 3.8) is 0 Å². The van der Waals surface area contributed by atoms with Crippen LogP contribution in [0.15, 0.2) is 108 Å². The predicted octanol–water partition coefficient (Wildman–Crippen LogP) is 10.4. The fourth-order valence-electron chi connectivity index (χ4n) is 9.35. The van der Waals surface area contributed by atoms with E-state index < -0.39 is 64.1 Å². The van der Waals surface area contributed by atoms with Gasteiger partial charge in [0.1, 0.15) is 22.1 Å². The fraction of sp³-hybridized carbons (Fsp3) is 0.321. The first kappa shape index (κ1) is 62.2. The van der Waals surface area contributed by atoms with Crippen LogP contribution in [0.5, 0.6) is 17.2 Å². The van der Waals surface area contributed by atoms with E-state index in [9.17, 15) is 60.6 Å². The molecule has 0 radical (unpaired) electrons. The smallest absolute Gasteiger partial charge is 0.480 e. The number of carbonyl (C=O) groups excluding carboxylic acids is 2. The van der Waals surface area contributed by atoms with Gasteiger partial charge in [0.05, 0.1) is 0 Å². The molecule has 0 unspecified atom stereocenters. The minimum Gasteiger partial charge on any atom is -0.480 e. The van der Waals surface area contributed by atoms with Crippen molar-refractivity contribution in [3.05, 3.63) is 124 Å². The Morgan fingerprint density at radius 3 is 1.76 bits per heavy atom. The summed E-state index contributed by atoms with van der Waals surface area (Å²) in [5.74, 6) is -5.50. The zero-order chi connectivity index (χ0) is 60.2. The van der Waals surface area contributed by atoms with Gasteiger partial charge in [-0.15, -0.1) is 35.8 Å². The van der Waals surface area contributed by atoms with Crippen LogP contribution >= 0.6 is 22.7 Å². The van der Waals surface area contributed by atoms with E-state index in [1.54, 1.807) is 54.0 Å². The van der Waals surface area contributed by atoms with Crippen molar-refractivity contribution in [1.29, 1.82) is 0 Å². The number of carboxylic acids is 4. The molecule has 442 valence electrons. The van der Waals surface area contributed by atoms with E-state index in [0.717, 1.165) is 57.6 Å². The first-order valence-corrected chi connectivity index (χ1v) is 28.9. The summed E-state index contributed by atoms with van der Waals surface area (Å²) in [5.41, 5.74) is 4.42. The van der Waals surface area contributed by atoms with Crippen LogP contribution in [0.4, 0.5) is 39.8 Å². The van der Waals surface area contributed by atoms with Gasteiger partial charge in [-0.2, -0.15) is 4.31 Å². The Morgan fingerprint density at radius 1 is 0.687 bits per heavy atom. The number of aromatic carboxylic acids is 2. The zero-order valence-electron chi connectivity index (χ0n) is 44.9. The van der Waals surface area contributed by atoms with Crippen LogP contribution in [-0.4, -0.2) is 139 Å². The molecule has 2 saturated heterocycles. The minimum absolute atomic E-state index is 0.00551. The van der Waals surface area contributed by atoms with Crippen LogP contribution in [0.1, 0.15) is 63.1 Å². The third-order valence-corrected chi connectivity index (χ3v) is 17.8. The number of anilines is 3. The van der Waals surface area contributed by atoms with E-state index in [2.05, 4.69) is 20.7 Å². The molecule has 2 aliphatic heterocycles. The Labute approximate surface area is 482 Å². The van der Waals surface area contributed by atoms with Gasteiger partial charge in [-0.3, -0.25) is 4.90 Å². The number of piperidine rings is 2. The van der Waals surface area contributed by atoms with Crippen molar-refractivity contribution in [3.8, 4) is 38.1 Å². The quantitative estimate of drug-likeness (QED) is 0.0374. The molecule has 21 nitrogen and oxygen atoms in total.